The van der Waals surface area contributed by atoms with Gasteiger partial charge >= 0.3 is 6.18 Å². The van der Waals surface area contributed by atoms with Crippen molar-refractivity contribution < 1.29 is 17.9 Å². The van der Waals surface area contributed by atoms with E-state index in [-0.39, 0.29) is 11.8 Å². The minimum Gasteiger partial charge on any atom is -0.479 e. The summed E-state index contributed by atoms with van der Waals surface area (Å²) in [6.45, 7) is 15.7. The van der Waals surface area contributed by atoms with Crippen LogP contribution in [0.4, 0.5) is 13.2 Å². The molecule has 3 unspecified atom stereocenters. The summed E-state index contributed by atoms with van der Waals surface area (Å²) < 4.78 is 45.4. The van der Waals surface area contributed by atoms with Crippen molar-refractivity contribution in [3.05, 3.63) is 60.0 Å². The van der Waals surface area contributed by atoms with Crippen LogP contribution in [0.5, 0.6) is 0 Å². The molecule has 3 atom stereocenters. The summed E-state index contributed by atoms with van der Waals surface area (Å²) in [4.78, 5) is 1.88. The lowest BCUT2D eigenvalue weighted by Crippen LogP contribution is -2.26. The number of halogens is 3. The quantitative estimate of drug-likeness (QED) is 0.306. The van der Waals surface area contributed by atoms with Gasteiger partial charge in [-0.3, -0.25) is 0 Å². The van der Waals surface area contributed by atoms with Gasteiger partial charge in [-0.15, -0.1) is 6.58 Å². The van der Waals surface area contributed by atoms with E-state index in [1.807, 2.05) is 18.9 Å². The molecule has 0 fully saturated rings. The first-order chi connectivity index (χ1) is 14.0. The number of rotatable bonds is 13. The van der Waals surface area contributed by atoms with Crippen molar-refractivity contribution in [3.8, 4) is 0 Å². The van der Waals surface area contributed by atoms with Gasteiger partial charge in [0.15, 0.2) is 5.88 Å². The molecule has 0 bridgehead atoms. The van der Waals surface area contributed by atoms with Gasteiger partial charge in [0.25, 0.3) is 0 Å². The topological polar surface area (TPSA) is 38.5 Å². The fourth-order valence-electron chi connectivity index (χ4n) is 3.64. The normalized spacial score (nSPS) is 14.7. The summed E-state index contributed by atoms with van der Waals surface area (Å²) in [7, 11) is 1.89. The molecule has 1 aromatic rings. The molecular weight excluding hydrogens is 389 g/mol. The zero-order valence-electron chi connectivity index (χ0n) is 18.8. The largest absolute Gasteiger partial charge is 0.479 e. The van der Waals surface area contributed by atoms with Crippen molar-refractivity contribution in [2.24, 2.45) is 17.6 Å². The number of nitrogens with zero attached hydrogens (tertiary/aromatic N) is 1. The summed E-state index contributed by atoms with van der Waals surface area (Å²) in [6, 6.07) is 3.99. The van der Waals surface area contributed by atoms with Gasteiger partial charge in [0, 0.05) is 26.1 Å². The first-order valence-electron chi connectivity index (χ1n) is 10.6. The third-order valence-corrected chi connectivity index (χ3v) is 5.71. The Morgan fingerprint density at radius 2 is 1.97 bits per heavy atom. The predicted octanol–water partition coefficient (Wildman–Crippen LogP) is 6.10. The predicted molar refractivity (Wildman–Crippen MR) is 118 cm³/mol. The average Bonchev–Trinajstić information content (AvgIpc) is 2.69. The van der Waals surface area contributed by atoms with Crippen LogP contribution in [0.1, 0.15) is 55.7 Å². The second-order valence-electron chi connectivity index (χ2n) is 8.10. The second-order valence-corrected chi connectivity index (χ2v) is 8.10. The summed E-state index contributed by atoms with van der Waals surface area (Å²) >= 11 is 0. The molecule has 0 aliphatic rings. The SMILES string of the molecule is C=CC(c1cc(C(F)(F)F)ccc1C)C(CC)CCC(C)COC(=C)N(C)CCN. The smallest absolute Gasteiger partial charge is 0.416 e. The fraction of sp³-hybridized carbons (Fsp3) is 0.583. The van der Waals surface area contributed by atoms with E-state index in [1.165, 1.54) is 6.07 Å². The molecule has 3 nitrogen and oxygen atoms in total. The maximum Gasteiger partial charge on any atom is 0.416 e. The average molecular weight is 427 g/mol. The molecule has 0 spiro atoms. The molecule has 30 heavy (non-hydrogen) atoms. The monoisotopic (exact) mass is 426 g/mol. The first kappa shape index (κ1) is 26.1. The van der Waals surface area contributed by atoms with E-state index < -0.39 is 11.7 Å². The lowest BCUT2D eigenvalue weighted by atomic mass is 9.78. The number of aryl methyl sites for hydroxylation is 1. The van der Waals surface area contributed by atoms with Crippen LogP contribution in [0, 0.1) is 18.8 Å². The second kappa shape index (κ2) is 12.0. The lowest BCUT2D eigenvalue weighted by molar-refractivity contribution is -0.137. The van der Waals surface area contributed by atoms with E-state index >= 15 is 0 Å². The number of nitrogens with two attached hydrogens (primary N) is 1. The maximum absolute atomic E-state index is 13.2. The fourth-order valence-corrected chi connectivity index (χ4v) is 3.64. The Morgan fingerprint density at radius 1 is 1.30 bits per heavy atom. The molecule has 0 saturated heterocycles. The van der Waals surface area contributed by atoms with E-state index in [9.17, 15) is 13.2 Å². The van der Waals surface area contributed by atoms with Crippen molar-refractivity contribution in [2.45, 2.75) is 52.1 Å². The molecule has 170 valence electrons. The number of benzene rings is 1. The molecule has 0 amide bonds. The third-order valence-electron chi connectivity index (χ3n) is 5.71. The molecule has 6 heteroatoms. The molecule has 0 aliphatic heterocycles. The molecule has 1 rings (SSSR count). The highest BCUT2D eigenvalue weighted by Gasteiger charge is 2.32. The number of hydrogen-bond acceptors (Lipinski definition) is 3. The van der Waals surface area contributed by atoms with Crippen LogP contribution in [0.15, 0.2) is 43.3 Å². The Kier molecular flexibility index (Phi) is 10.5. The van der Waals surface area contributed by atoms with Gasteiger partial charge < -0.3 is 15.4 Å². The van der Waals surface area contributed by atoms with Gasteiger partial charge in [0.2, 0.25) is 0 Å². The number of hydrogen-bond donors (Lipinski definition) is 1. The minimum atomic E-state index is -4.35. The first-order valence-corrected chi connectivity index (χ1v) is 10.6. The zero-order chi connectivity index (χ0) is 22.9. The van der Waals surface area contributed by atoms with Crippen molar-refractivity contribution >= 4 is 0 Å². The summed E-state index contributed by atoms with van der Waals surface area (Å²) in [5.74, 6) is 1.00. The highest BCUT2D eigenvalue weighted by atomic mass is 19.4. The standard InChI is InChI=1S/C24H37F3N2O/c1-7-20(11-9-17(3)16-30-19(5)29(6)14-13-28)22(8-2)23-15-21(24(25,26)27)12-10-18(23)4/h8,10,12,15,17,20,22H,2,5,7,9,11,13-14,16,28H2,1,3-4,6H3. The molecule has 2 N–H and O–H groups in total. The summed E-state index contributed by atoms with van der Waals surface area (Å²) in [5.41, 5.74) is 6.52. The molecule has 0 saturated carbocycles. The van der Waals surface area contributed by atoms with Crippen molar-refractivity contribution in [2.75, 3.05) is 26.7 Å². The van der Waals surface area contributed by atoms with Crippen LogP contribution >= 0.6 is 0 Å². The Hall–Kier alpha value is -1.95. The number of likely N-dealkylation sites (N-methyl/N-ethyl adjacent to an activating group) is 1. The summed E-state index contributed by atoms with van der Waals surface area (Å²) in [5, 5.41) is 0. The van der Waals surface area contributed by atoms with E-state index in [2.05, 4.69) is 27.0 Å². The zero-order valence-corrected chi connectivity index (χ0v) is 18.8. The van der Waals surface area contributed by atoms with Gasteiger partial charge in [-0.2, -0.15) is 13.2 Å². The van der Waals surface area contributed by atoms with Crippen molar-refractivity contribution in [1.29, 1.82) is 0 Å². The summed E-state index contributed by atoms with van der Waals surface area (Å²) in [6.07, 6.45) is 0.113. The maximum atomic E-state index is 13.2. The van der Waals surface area contributed by atoms with Crippen LogP contribution in [0.2, 0.25) is 0 Å². The Morgan fingerprint density at radius 3 is 2.50 bits per heavy atom. The van der Waals surface area contributed by atoms with Crippen molar-refractivity contribution in [1.82, 2.24) is 4.90 Å². The van der Waals surface area contributed by atoms with Crippen molar-refractivity contribution in [3.63, 3.8) is 0 Å². The number of alkyl halides is 3. The van der Waals surface area contributed by atoms with Crippen LogP contribution < -0.4 is 5.73 Å². The van der Waals surface area contributed by atoms with Crippen LogP contribution in [0.3, 0.4) is 0 Å². The molecule has 0 aromatic heterocycles. The Balaban J connectivity index is 2.79. The van der Waals surface area contributed by atoms with E-state index in [0.29, 0.717) is 37.1 Å². The van der Waals surface area contributed by atoms with E-state index in [0.717, 1.165) is 30.9 Å². The highest BCUT2D eigenvalue weighted by Crippen LogP contribution is 2.38. The van der Waals surface area contributed by atoms with Gasteiger partial charge in [-0.05, 0) is 61.4 Å². The third kappa shape index (κ3) is 7.71. The lowest BCUT2D eigenvalue weighted by Gasteiger charge is -2.28. The van der Waals surface area contributed by atoms with Crippen LogP contribution in [-0.2, 0) is 10.9 Å². The molecule has 0 radical (unpaired) electrons. The molecule has 1 aromatic carbocycles. The Labute approximate surface area is 179 Å². The van der Waals surface area contributed by atoms with Crippen LogP contribution in [0.25, 0.3) is 0 Å². The van der Waals surface area contributed by atoms with Gasteiger partial charge in [0.05, 0.1) is 12.2 Å². The van der Waals surface area contributed by atoms with E-state index in [1.54, 1.807) is 12.1 Å². The highest BCUT2D eigenvalue weighted by molar-refractivity contribution is 5.37. The molecule has 0 heterocycles. The van der Waals surface area contributed by atoms with Gasteiger partial charge in [0.1, 0.15) is 0 Å². The van der Waals surface area contributed by atoms with E-state index in [4.69, 9.17) is 10.5 Å². The van der Waals surface area contributed by atoms with Crippen LogP contribution in [-0.4, -0.2) is 31.6 Å². The number of allylic oxidation sites excluding steroid dienone is 1. The molecule has 0 aliphatic carbocycles. The minimum absolute atomic E-state index is 0.115. The number of ether oxygens (including phenoxy) is 1. The van der Waals surface area contributed by atoms with Gasteiger partial charge in [-0.25, -0.2) is 0 Å². The Bertz CT molecular complexity index is 688. The van der Waals surface area contributed by atoms with Gasteiger partial charge in [-0.1, -0.05) is 32.4 Å². The molecular formula is C24H37F3N2O.